The van der Waals surface area contributed by atoms with Crippen LogP contribution in [0, 0.1) is 5.92 Å². The summed E-state index contributed by atoms with van der Waals surface area (Å²) in [6, 6.07) is 0.802. The summed E-state index contributed by atoms with van der Waals surface area (Å²) < 4.78 is 0. The lowest BCUT2D eigenvalue weighted by Gasteiger charge is -2.31. The summed E-state index contributed by atoms with van der Waals surface area (Å²) in [6.45, 7) is 6.16. The van der Waals surface area contributed by atoms with Gasteiger partial charge in [-0.25, -0.2) is 0 Å². The van der Waals surface area contributed by atoms with Gasteiger partial charge in [0.05, 0.1) is 0 Å². The highest BCUT2D eigenvalue weighted by Gasteiger charge is 2.20. The normalized spacial score (nSPS) is 21.2. The third-order valence-electron chi connectivity index (χ3n) is 4.50. The monoisotopic (exact) mass is 280 g/mol. The lowest BCUT2D eigenvalue weighted by molar-refractivity contribution is 0.194. The van der Waals surface area contributed by atoms with E-state index in [1.165, 1.54) is 44.9 Å². The van der Waals surface area contributed by atoms with Gasteiger partial charge >= 0.3 is 0 Å². The van der Waals surface area contributed by atoms with Crippen LogP contribution in [0.5, 0.6) is 0 Å². The first-order valence-corrected chi connectivity index (χ1v) is 8.52. The maximum Gasteiger partial charge on any atom is 0.191 e. The number of rotatable bonds is 7. The quantitative estimate of drug-likeness (QED) is 0.555. The van der Waals surface area contributed by atoms with Crippen LogP contribution >= 0.6 is 0 Å². The van der Waals surface area contributed by atoms with Crippen molar-refractivity contribution in [3.63, 3.8) is 0 Å². The smallest absolute Gasteiger partial charge is 0.191 e. The average molecular weight is 280 g/mol. The van der Waals surface area contributed by atoms with Gasteiger partial charge in [0.25, 0.3) is 0 Å². The fourth-order valence-electron chi connectivity index (χ4n) is 2.92. The zero-order valence-corrected chi connectivity index (χ0v) is 13.3. The van der Waals surface area contributed by atoms with Gasteiger partial charge in [-0.2, -0.15) is 0 Å². The van der Waals surface area contributed by atoms with Crippen molar-refractivity contribution in [3.05, 3.63) is 0 Å². The second kappa shape index (κ2) is 8.50. The van der Waals surface area contributed by atoms with Gasteiger partial charge in [-0.05, 0) is 45.6 Å². The van der Waals surface area contributed by atoms with Crippen molar-refractivity contribution in [2.45, 2.75) is 57.9 Å². The van der Waals surface area contributed by atoms with Crippen LogP contribution in [-0.4, -0.2) is 50.1 Å². The molecule has 0 aromatic rings. The number of aliphatic imine (C=N–C) groups is 1. The maximum absolute atomic E-state index is 4.66. The predicted molar refractivity (Wildman–Crippen MR) is 86.2 cm³/mol. The fourth-order valence-corrected chi connectivity index (χ4v) is 2.92. The molecule has 0 saturated heterocycles. The van der Waals surface area contributed by atoms with Crippen molar-refractivity contribution in [2.24, 2.45) is 10.9 Å². The first kappa shape index (κ1) is 15.6. The number of nitrogens with zero attached hydrogens (tertiary/aromatic N) is 2. The molecule has 20 heavy (non-hydrogen) atoms. The Morgan fingerprint density at radius 2 is 1.85 bits per heavy atom. The highest BCUT2D eigenvalue weighted by molar-refractivity contribution is 5.79. The molecule has 0 amide bonds. The van der Waals surface area contributed by atoms with Gasteiger partial charge in [-0.3, -0.25) is 4.99 Å². The number of nitrogens with one attached hydrogen (secondary N) is 2. The van der Waals surface area contributed by atoms with Crippen molar-refractivity contribution in [1.29, 1.82) is 0 Å². The predicted octanol–water partition coefficient (Wildman–Crippen LogP) is 2.22. The molecule has 2 aliphatic carbocycles. The molecule has 4 nitrogen and oxygen atoms in total. The maximum atomic E-state index is 4.66. The van der Waals surface area contributed by atoms with Gasteiger partial charge in [0.15, 0.2) is 5.96 Å². The zero-order chi connectivity index (χ0) is 14.2. The third kappa shape index (κ3) is 5.70. The van der Waals surface area contributed by atoms with E-state index < -0.39 is 0 Å². The first-order chi connectivity index (χ1) is 9.79. The number of likely N-dealkylation sites (N-methyl/N-ethyl adjacent to an activating group) is 1. The third-order valence-corrected chi connectivity index (χ3v) is 4.50. The lowest BCUT2D eigenvalue weighted by Crippen LogP contribution is -2.43. The molecule has 116 valence electrons. The summed E-state index contributed by atoms with van der Waals surface area (Å²) >= 11 is 0. The van der Waals surface area contributed by atoms with Crippen LogP contribution in [-0.2, 0) is 0 Å². The Morgan fingerprint density at radius 3 is 2.50 bits per heavy atom. The first-order valence-electron chi connectivity index (χ1n) is 8.52. The number of guanidine groups is 1. The molecular weight excluding hydrogens is 248 g/mol. The van der Waals surface area contributed by atoms with Crippen molar-refractivity contribution >= 4 is 5.96 Å². The highest BCUT2D eigenvalue weighted by Crippen LogP contribution is 2.28. The van der Waals surface area contributed by atoms with Gasteiger partial charge in [0.2, 0.25) is 0 Å². The molecule has 0 aromatic heterocycles. The lowest BCUT2D eigenvalue weighted by atomic mass is 9.94. The van der Waals surface area contributed by atoms with Crippen LogP contribution in [0.2, 0.25) is 0 Å². The van der Waals surface area contributed by atoms with E-state index in [9.17, 15) is 0 Å². The van der Waals surface area contributed by atoms with E-state index >= 15 is 0 Å². The molecule has 0 heterocycles. The fraction of sp³-hybridized carbons (Fsp3) is 0.938. The molecule has 0 aliphatic heterocycles. The summed E-state index contributed by atoms with van der Waals surface area (Å²) in [5.41, 5.74) is 0. The molecule has 0 bridgehead atoms. The summed E-state index contributed by atoms with van der Waals surface area (Å²) in [5.74, 6) is 1.85. The second-order valence-corrected chi connectivity index (χ2v) is 6.36. The second-order valence-electron chi connectivity index (χ2n) is 6.36. The zero-order valence-electron chi connectivity index (χ0n) is 13.3. The molecule has 2 N–H and O–H groups in total. The molecule has 2 rings (SSSR count). The van der Waals surface area contributed by atoms with Crippen LogP contribution < -0.4 is 10.6 Å². The summed E-state index contributed by atoms with van der Waals surface area (Å²) in [4.78, 5) is 7.19. The molecule has 0 aromatic carbocycles. The van der Waals surface area contributed by atoms with Crippen LogP contribution in [0.1, 0.15) is 51.9 Å². The Kier molecular flexibility index (Phi) is 6.64. The average Bonchev–Trinajstić information content (AvgIpc) is 3.30. The molecule has 0 atom stereocenters. The Hall–Kier alpha value is -0.770. The SMILES string of the molecule is CCNC(=NCC1CC1)NCCN(C)C1CCCCC1. The summed E-state index contributed by atoms with van der Waals surface area (Å²) in [5, 5.41) is 6.81. The Balaban J connectivity index is 1.64. The Bertz CT molecular complexity index is 293. The summed E-state index contributed by atoms with van der Waals surface area (Å²) in [7, 11) is 2.27. The van der Waals surface area contributed by atoms with Crippen LogP contribution in [0.3, 0.4) is 0 Å². The van der Waals surface area contributed by atoms with E-state index in [1.807, 2.05) is 0 Å². The molecule has 0 radical (unpaired) electrons. The van der Waals surface area contributed by atoms with E-state index in [-0.39, 0.29) is 0 Å². The Labute approximate surface area is 124 Å². The van der Waals surface area contributed by atoms with Crippen molar-refractivity contribution in [2.75, 3.05) is 33.2 Å². The highest BCUT2D eigenvalue weighted by atomic mass is 15.2. The topological polar surface area (TPSA) is 39.7 Å². The van der Waals surface area contributed by atoms with E-state index in [0.29, 0.717) is 0 Å². The molecule has 0 unspecified atom stereocenters. The van der Waals surface area contributed by atoms with E-state index in [4.69, 9.17) is 0 Å². The van der Waals surface area contributed by atoms with Gasteiger partial charge < -0.3 is 15.5 Å². The van der Waals surface area contributed by atoms with Crippen molar-refractivity contribution < 1.29 is 0 Å². The standard InChI is InChI=1S/C16H32N4/c1-3-17-16(19-13-14-9-10-14)18-11-12-20(2)15-7-5-4-6-8-15/h14-15H,3-13H2,1-2H3,(H2,17,18,19). The molecule has 2 saturated carbocycles. The van der Waals surface area contributed by atoms with Crippen molar-refractivity contribution in [1.82, 2.24) is 15.5 Å². The van der Waals surface area contributed by atoms with E-state index in [0.717, 1.165) is 44.1 Å². The van der Waals surface area contributed by atoms with Gasteiger partial charge in [0.1, 0.15) is 0 Å². The van der Waals surface area contributed by atoms with Crippen LogP contribution in [0.4, 0.5) is 0 Å². The molecular formula is C16H32N4. The molecule has 2 aliphatic rings. The molecule has 0 spiro atoms. The number of hydrogen-bond donors (Lipinski definition) is 2. The minimum Gasteiger partial charge on any atom is -0.357 e. The molecule has 4 heteroatoms. The van der Waals surface area contributed by atoms with Gasteiger partial charge in [-0.1, -0.05) is 19.3 Å². The van der Waals surface area contributed by atoms with Crippen LogP contribution in [0.25, 0.3) is 0 Å². The minimum atomic E-state index is 0.802. The molecule has 2 fully saturated rings. The Morgan fingerprint density at radius 1 is 1.10 bits per heavy atom. The summed E-state index contributed by atoms with van der Waals surface area (Å²) in [6.07, 6.45) is 9.75. The van der Waals surface area contributed by atoms with Crippen LogP contribution in [0.15, 0.2) is 4.99 Å². The van der Waals surface area contributed by atoms with Gasteiger partial charge in [0, 0.05) is 32.2 Å². The van der Waals surface area contributed by atoms with Crippen molar-refractivity contribution in [3.8, 4) is 0 Å². The van der Waals surface area contributed by atoms with Gasteiger partial charge in [-0.15, -0.1) is 0 Å². The van der Waals surface area contributed by atoms with E-state index in [2.05, 4.69) is 34.5 Å². The minimum absolute atomic E-state index is 0.802. The largest absolute Gasteiger partial charge is 0.357 e. The van der Waals surface area contributed by atoms with E-state index in [1.54, 1.807) is 0 Å². The number of hydrogen-bond acceptors (Lipinski definition) is 2.